The van der Waals surface area contributed by atoms with Gasteiger partial charge in [0, 0.05) is 13.1 Å². The van der Waals surface area contributed by atoms with Gasteiger partial charge >= 0.3 is 5.97 Å². The summed E-state index contributed by atoms with van der Waals surface area (Å²) in [4.78, 5) is 11.3. The second-order valence-corrected chi connectivity index (χ2v) is 8.08. The van der Waals surface area contributed by atoms with Crippen molar-refractivity contribution in [1.29, 1.82) is 0 Å². The van der Waals surface area contributed by atoms with E-state index in [1.54, 1.807) is 0 Å². The second kappa shape index (κ2) is 7.85. The molecule has 5 nitrogen and oxygen atoms in total. The standard InChI is InChI=1S/C20H21NO4S/c1-25-20(22)15-26(23,24)21-13-11-19(12-14-21)18-9-7-17(8-10-18)16-5-3-2-4-6-16/h2-11H,12-15H2,1H3. The molecule has 2 aromatic carbocycles. The summed E-state index contributed by atoms with van der Waals surface area (Å²) in [6.45, 7) is 0.640. The van der Waals surface area contributed by atoms with Crippen LogP contribution in [0, 0.1) is 0 Å². The van der Waals surface area contributed by atoms with Gasteiger partial charge < -0.3 is 4.74 Å². The second-order valence-electron chi connectivity index (χ2n) is 6.11. The van der Waals surface area contributed by atoms with E-state index in [1.807, 2.05) is 24.3 Å². The maximum atomic E-state index is 12.2. The fourth-order valence-corrected chi connectivity index (χ4v) is 4.24. The SMILES string of the molecule is COC(=O)CS(=O)(=O)N1CC=C(c2ccc(-c3ccccc3)cc2)CC1. The Morgan fingerprint density at radius 2 is 1.62 bits per heavy atom. The third kappa shape index (κ3) is 4.20. The molecule has 26 heavy (non-hydrogen) atoms. The zero-order valence-electron chi connectivity index (χ0n) is 14.6. The summed E-state index contributed by atoms with van der Waals surface area (Å²) in [5, 5.41) is 0. The van der Waals surface area contributed by atoms with Gasteiger partial charge in [-0.1, -0.05) is 60.7 Å². The van der Waals surface area contributed by atoms with Crippen molar-refractivity contribution in [3.05, 3.63) is 66.2 Å². The van der Waals surface area contributed by atoms with Crippen molar-refractivity contribution >= 4 is 21.6 Å². The lowest BCUT2D eigenvalue weighted by Crippen LogP contribution is -2.38. The molecular weight excluding hydrogens is 350 g/mol. The van der Waals surface area contributed by atoms with Crippen LogP contribution in [0.25, 0.3) is 16.7 Å². The van der Waals surface area contributed by atoms with Crippen LogP contribution >= 0.6 is 0 Å². The molecule has 0 N–H and O–H groups in total. The molecule has 1 heterocycles. The smallest absolute Gasteiger partial charge is 0.322 e. The van der Waals surface area contributed by atoms with E-state index in [-0.39, 0.29) is 6.54 Å². The van der Waals surface area contributed by atoms with Crippen LogP contribution in [-0.2, 0) is 19.6 Å². The van der Waals surface area contributed by atoms with Gasteiger partial charge in [-0.15, -0.1) is 0 Å². The highest BCUT2D eigenvalue weighted by Crippen LogP contribution is 2.26. The highest BCUT2D eigenvalue weighted by atomic mass is 32.2. The van der Waals surface area contributed by atoms with Gasteiger partial charge in [-0.2, -0.15) is 4.31 Å². The minimum atomic E-state index is -3.63. The van der Waals surface area contributed by atoms with E-state index in [9.17, 15) is 13.2 Å². The van der Waals surface area contributed by atoms with E-state index in [2.05, 4.69) is 41.1 Å². The Balaban J connectivity index is 1.70. The third-order valence-corrected chi connectivity index (χ3v) is 6.17. The van der Waals surface area contributed by atoms with Gasteiger partial charge in [0.25, 0.3) is 0 Å². The summed E-state index contributed by atoms with van der Waals surface area (Å²) in [5.74, 6) is -1.35. The molecule has 0 radical (unpaired) electrons. The molecule has 0 amide bonds. The van der Waals surface area contributed by atoms with E-state index in [4.69, 9.17) is 0 Å². The molecule has 0 saturated heterocycles. The Morgan fingerprint density at radius 1 is 1.00 bits per heavy atom. The molecule has 136 valence electrons. The highest BCUT2D eigenvalue weighted by Gasteiger charge is 2.27. The van der Waals surface area contributed by atoms with Crippen molar-refractivity contribution in [2.45, 2.75) is 6.42 Å². The normalized spacial score (nSPS) is 15.3. The molecule has 3 rings (SSSR count). The number of ether oxygens (including phenoxy) is 1. The minimum Gasteiger partial charge on any atom is -0.468 e. The van der Waals surface area contributed by atoms with Crippen molar-refractivity contribution in [2.24, 2.45) is 0 Å². The first kappa shape index (κ1) is 18.4. The summed E-state index contributed by atoms with van der Waals surface area (Å²) < 4.78 is 30.2. The molecule has 2 aromatic rings. The number of hydrogen-bond acceptors (Lipinski definition) is 4. The van der Waals surface area contributed by atoms with Crippen molar-refractivity contribution in [3.8, 4) is 11.1 Å². The Bertz CT molecular complexity index is 903. The zero-order valence-corrected chi connectivity index (χ0v) is 15.4. The Labute approximate surface area is 154 Å². The molecule has 0 saturated carbocycles. The Kier molecular flexibility index (Phi) is 5.54. The molecule has 0 aromatic heterocycles. The lowest BCUT2D eigenvalue weighted by molar-refractivity contribution is -0.137. The van der Waals surface area contributed by atoms with Crippen molar-refractivity contribution in [2.75, 3.05) is 26.0 Å². The molecule has 6 heteroatoms. The van der Waals surface area contributed by atoms with Crippen LogP contribution in [0.15, 0.2) is 60.7 Å². The number of methoxy groups -OCH3 is 1. The average molecular weight is 371 g/mol. The quantitative estimate of drug-likeness (QED) is 0.758. The Morgan fingerprint density at radius 3 is 2.19 bits per heavy atom. The maximum Gasteiger partial charge on any atom is 0.322 e. The molecule has 0 fully saturated rings. The first-order chi connectivity index (χ1) is 12.5. The van der Waals surface area contributed by atoms with Crippen LogP contribution in [0.1, 0.15) is 12.0 Å². The zero-order chi connectivity index (χ0) is 18.6. The van der Waals surface area contributed by atoms with Gasteiger partial charge in [0.2, 0.25) is 10.0 Å². The summed E-state index contributed by atoms with van der Waals surface area (Å²) in [5.41, 5.74) is 4.52. The van der Waals surface area contributed by atoms with Crippen LogP contribution < -0.4 is 0 Å². The number of rotatable bonds is 5. The number of carbonyl (C=O) groups excluding carboxylic acids is 1. The lowest BCUT2D eigenvalue weighted by atomic mass is 9.97. The van der Waals surface area contributed by atoms with Crippen molar-refractivity contribution in [3.63, 3.8) is 0 Å². The molecule has 0 atom stereocenters. The van der Waals surface area contributed by atoms with Gasteiger partial charge in [-0.05, 0) is 28.7 Å². The average Bonchev–Trinajstić information content (AvgIpc) is 2.68. The molecular formula is C20H21NO4S. The number of hydrogen-bond donors (Lipinski definition) is 0. The topological polar surface area (TPSA) is 63.7 Å². The first-order valence-electron chi connectivity index (χ1n) is 8.39. The van der Waals surface area contributed by atoms with Gasteiger partial charge in [0.1, 0.15) is 0 Å². The number of benzene rings is 2. The summed E-state index contributed by atoms with van der Waals surface area (Å²) in [6.07, 6.45) is 2.53. The van der Waals surface area contributed by atoms with E-state index >= 15 is 0 Å². The number of nitrogens with zero attached hydrogens (tertiary/aromatic N) is 1. The van der Waals surface area contributed by atoms with Gasteiger partial charge in [-0.25, -0.2) is 8.42 Å². The summed E-state index contributed by atoms with van der Waals surface area (Å²) in [6, 6.07) is 18.4. The predicted molar refractivity (Wildman–Crippen MR) is 102 cm³/mol. The molecule has 0 spiro atoms. The van der Waals surface area contributed by atoms with Gasteiger partial charge in [0.15, 0.2) is 5.75 Å². The Hall–Kier alpha value is -2.44. The molecule has 1 aliphatic rings. The lowest BCUT2D eigenvalue weighted by Gasteiger charge is -2.25. The fraction of sp³-hybridized carbons (Fsp3) is 0.250. The molecule has 0 unspecified atom stereocenters. The van der Waals surface area contributed by atoms with Crippen LogP contribution in [0.2, 0.25) is 0 Å². The van der Waals surface area contributed by atoms with E-state index in [0.29, 0.717) is 13.0 Å². The minimum absolute atomic E-state index is 0.273. The van der Waals surface area contributed by atoms with Crippen LogP contribution in [0.3, 0.4) is 0 Å². The largest absolute Gasteiger partial charge is 0.468 e. The summed E-state index contributed by atoms with van der Waals surface area (Å²) >= 11 is 0. The number of sulfonamides is 1. The van der Waals surface area contributed by atoms with E-state index < -0.39 is 21.7 Å². The first-order valence-corrected chi connectivity index (χ1v) is 10.00. The molecule has 0 bridgehead atoms. The van der Waals surface area contributed by atoms with Crippen LogP contribution in [0.4, 0.5) is 0 Å². The van der Waals surface area contributed by atoms with E-state index in [1.165, 1.54) is 11.4 Å². The maximum absolute atomic E-state index is 12.2. The number of carbonyl (C=O) groups is 1. The van der Waals surface area contributed by atoms with Gasteiger partial charge in [-0.3, -0.25) is 4.79 Å². The highest BCUT2D eigenvalue weighted by molar-refractivity contribution is 7.89. The summed E-state index contributed by atoms with van der Waals surface area (Å²) in [7, 11) is -2.44. The molecule has 0 aliphatic carbocycles. The van der Waals surface area contributed by atoms with E-state index in [0.717, 1.165) is 22.3 Å². The monoisotopic (exact) mass is 371 g/mol. The van der Waals surface area contributed by atoms with Crippen molar-refractivity contribution in [1.82, 2.24) is 4.31 Å². The predicted octanol–water partition coefficient (Wildman–Crippen LogP) is 2.95. The molecule has 1 aliphatic heterocycles. The number of esters is 1. The van der Waals surface area contributed by atoms with Crippen LogP contribution in [0.5, 0.6) is 0 Å². The third-order valence-electron chi connectivity index (χ3n) is 4.46. The van der Waals surface area contributed by atoms with Gasteiger partial charge in [0.05, 0.1) is 7.11 Å². The fourth-order valence-electron chi connectivity index (χ4n) is 2.97. The van der Waals surface area contributed by atoms with Crippen LogP contribution in [-0.4, -0.2) is 44.6 Å². The van der Waals surface area contributed by atoms with Crippen molar-refractivity contribution < 1.29 is 17.9 Å².